The number of hydrogen-bond donors (Lipinski definition) is 0. The van der Waals surface area contributed by atoms with Crippen molar-refractivity contribution in [3.8, 4) is 0 Å². The summed E-state index contributed by atoms with van der Waals surface area (Å²) >= 11 is 0. The van der Waals surface area contributed by atoms with Gasteiger partial charge in [0.25, 0.3) is 0 Å². The van der Waals surface area contributed by atoms with Gasteiger partial charge in [-0.15, -0.1) is 0 Å². The van der Waals surface area contributed by atoms with Crippen LogP contribution in [0.25, 0.3) is 0 Å². The highest BCUT2D eigenvalue weighted by Crippen LogP contribution is 2.21. The Morgan fingerprint density at radius 3 is 2.75 bits per heavy atom. The molecule has 2 amide bonds. The first-order valence-corrected chi connectivity index (χ1v) is 5.00. The lowest BCUT2D eigenvalue weighted by molar-refractivity contribution is -0.140. The first-order chi connectivity index (χ1) is 7.61. The van der Waals surface area contributed by atoms with E-state index in [2.05, 4.69) is 0 Å². The Kier molecular flexibility index (Phi) is 2.60. The van der Waals surface area contributed by atoms with Gasteiger partial charge in [0, 0.05) is 12.3 Å². The summed E-state index contributed by atoms with van der Waals surface area (Å²) in [4.78, 5) is 34.6. The van der Waals surface area contributed by atoms with Crippen LogP contribution in [0.3, 0.4) is 0 Å². The summed E-state index contributed by atoms with van der Waals surface area (Å²) in [5, 5.41) is 0. The first-order valence-electron chi connectivity index (χ1n) is 5.00. The number of rotatable bonds is 3. The van der Waals surface area contributed by atoms with Crippen molar-refractivity contribution in [1.29, 1.82) is 0 Å². The van der Waals surface area contributed by atoms with E-state index in [1.54, 1.807) is 13.0 Å². The van der Waals surface area contributed by atoms with E-state index in [9.17, 15) is 14.4 Å². The summed E-state index contributed by atoms with van der Waals surface area (Å²) in [6.45, 7) is 1.83. The molecule has 0 spiro atoms. The largest absolute Gasteiger partial charge is 0.456 e. The average Bonchev–Trinajstić information content (AvgIpc) is 2.80. The van der Waals surface area contributed by atoms with E-state index in [0.29, 0.717) is 12.0 Å². The van der Waals surface area contributed by atoms with Crippen LogP contribution in [0.2, 0.25) is 0 Å². The van der Waals surface area contributed by atoms with Crippen LogP contribution in [-0.4, -0.2) is 23.0 Å². The average molecular weight is 221 g/mol. The monoisotopic (exact) mass is 221 g/mol. The minimum Gasteiger partial charge on any atom is -0.456 e. The Hall–Kier alpha value is -1.91. The molecule has 2 heterocycles. The zero-order valence-corrected chi connectivity index (χ0v) is 8.80. The van der Waals surface area contributed by atoms with E-state index in [-0.39, 0.29) is 36.5 Å². The van der Waals surface area contributed by atoms with Gasteiger partial charge in [-0.25, -0.2) is 0 Å². The molecule has 2 rings (SSSR count). The van der Waals surface area contributed by atoms with Crippen molar-refractivity contribution in [2.45, 2.75) is 19.9 Å². The molecule has 1 saturated heterocycles. The van der Waals surface area contributed by atoms with Crippen LogP contribution in [-0.2, 0) is 16.1 Å². The SMILES string of the molecule is CC1CC(=O)N(Cc2ccc(C=O)o2)C1=O. The van der Waals surface area contributed by atoms with Gasteiger partial charge in [0.05, 0.1) is 6.54 Å². The Morgan fingerprint density at radius 2 is 2.25 bits per heavy atom. The maximum atomic E-state index is 11.6. The fourth-order valence-electron chi connectivity index (χ4n) is 1.71. The van der Waals surface area contributed by atoms with E-state index >= 15 is 0 Å². The molecule has 1 unspecified atom stereocenters. The summed E-state index contributed by atoms with van der Waals surface area (Å²) in [6, 6.07) is 3.10. The third-order valence-corrected chi connectivity index (χ3v) is 2.58. The molecule has 1 aromatic heterocycles. The lowest BCUT2D eigenvalue weighted by Crippen LogP contribution is -2.29. The van der Waals surface area contributed by atoms with E-state index in [4.69, 9.17) is 4.42 Å². The van der Waals surface area contributed by atoms with Gasteiger partial charge >= 0.3 is 0 Å². The molecule has 0 N–H and O–H groups in total. The number of nitrogens with zero attached hydrogens (tertiary/aromatic N) is 1. The molecule has 1 fully saturated rings. The third-order valence-electron chi connectivity index (χ3n) is 2.58. The molecule has 0 saturated carbocycles. The number of likely N-dealkylation sites (tertiary alicyclic amines) is 1. The number of aldehydes is 1. The van der Waals surface area contributed by atoms with Crippen molar-refractivity contribution in [2.75, 3.05) is 0 Å². The molecule has 0 aromatic carbocycles. The Labute approximate surface area is 92.0 Å². The zero-order valence-electron chi connectivity index (χ0n) is 8.80. The van der Waals surface area contributed by atoms with Gasteiger partial charge in [-0.3, -0.25) is 19.3 Å². The second-order valence-electron chi connectivity index (χ2n) is 3.85. The second-order valence-corrected chi connectivity index (χ2v) is 3.85. The van der Waals surface area contributed by atoms with Gasteiger partial charge in [-0.1, -0.05) is 6.92 Å². The fourth-order valence-corrected chi connectivity index (χ4v) is 1.71. The van der Waals surface area contributed by atoms with Crippen LogP contribution >= 0.6 is 0 Å². The molecule has 1 atom stereocenters. The van der Waals surface area contributed by atoms with Crippen molar-refractivity contribution in [3.63, 3.8) is 0 Å². The standard InChI is InChI=1S/C11H11NO4/c1-7-4-10(14)12(11(7)15)5-8-2-3-9(6-13)16-8/h2-3,6-7H,4-5H2,1H3. The van der Waals surface area contributed by atoms with Gasteiger partial charge in [0.1, 0.15) is 5.76 Å². The normalized spacial score (nSPS) is 20.6. The Morgan fingerprint density at radius 1 is 1.50 bits per heavy atom. The number of imide groups is 1. The van der Waals surface area contributed by atoms with E-state index in [0.717, 1.165) is 4.90 Å². The van der Waals surface area contributed by atoms with Crippen molar-refractivity contribution >= 4 is 18.1 Å². The molecule has 5 heteroatoms. The highest BCUT2D eigenvalue weighted by atomic mass is 16.3. The van der Waals surface area contributed by atoms with E-state index in [1.807, 2.05) is 0 Å². The Balaban J connectivity index is 2.12. The quantitative estimate of drug-likeness (QED) is 0.563. The van der Waals surface area contributed by atoms with Crippen LogP contribution in [0.5, 0.6) is 0 Å². The predicted octanol–water partition coefficient (Wildman–Crippen LogP) is 0.987. The fraction of sp³-hybridized carbons (Fsp3) is 0.364. The van der Waals surface area contributed by atoms with Crippen LogP contribution < -0.4 is 0 Å². The van der Waals surface area contributed by atoms with Crippen LogP contribution in [0, 0.1) is 5.92 Å². The van der Waals surface area contributed by atoms with Gasteiger partial charge in [-0.2, -0.15) is 0 Å². The van der Waals surface area contributed by atoms with Crippen molar-refractivity contribution in [3.05, 3.63) is 23.7 Å². The molecule has 84 valence electrons. The van der Waals surface area contributed by atoms with Gasteiger partial charge in [-0.05, 0) is 12.1 Å². The molecule has 0 radical (unpaired) electrons. The number of hydrogen-bond acceptors (Lipinski definition) is 4. The van der Waals surface area contributed by atoms with Crippen LogP contribution in [0.15, 0.2) is 16.5 Å². The molecule has 1 aromatic rings. The van der Waals surface area contributed by atoms with E-state index in [1.165, 1.54) is 6.07 Å². The molecule has 5 nitrogen and oxygen atoms in total. The summed E-state index contributed by atoms with van der Waals surface area (Å²) in [5.41, 5.74) is 0. The number of furan rings is 1. The first kappa shape index (κ1) is 10.6. The molecule has 16 heavy (non-hydrogen) atoms. The van der Waals surface area contributed by atoms with Crippen molar-refractivity contribution in [2.24, 2.45) is 5.92 Å². The number of carbonyl (C=O) groups excluding carboxylic acids is 3. The maximum absolute atomic E-state index is 11.6. The minimum atomic E-state index is -0.256. The number of amides is 2. The molecule has 1 aliphatic rings. The summed E-state index contributed by atoms with van der Waals surface area (Å²) in [5.74, 6) is 0.00338. The van der Waals surface area contributed by atoms with Gasteiger partial charge in [0.15, 0.2) is 12.0 Å². The van der Waals surface area contributed by atoms with Crippen molar-refractivity contribution < 1.29 is 18.8 Å². The molecular weight excluding hydrogens is 210 g/mol. The summed E-state index contributed by atoms with van der Waals surface area (Å²) in [7, 11) is 0. The lowest BCUT2D eigenvalue weighted by Gasteiger charge is -2.11. The highest BCUT2D eigenvalue weighted by Gasteiger charge is 2.35. The lowest BCUT2D eigenvalue weighted by atomic mass is 10.1. The Bertz CT molecular complexity index is 449. The molecule has 1 aliphatic heterocycles. The summed E-state index contributed by atoms with van der Waals surface area (Å²) in [6.07, 6.45) is 0.833. The van der Waals surface area contributed by atoms with Crippen LogP contribution in [0.1, 0.15) is 29.7 Å². The zero-order chi connectivity index (χ0) is 11.7. The summed E-state index contributed by atoms with van der Waals surface area (Å²) < 4.78 is 5.11. The van der Waals surface area contributed by atoms with Gasteiger partial charge < -0.3 is 4.42 Å². The van der Waals surface area contributed by atoms with E-state index < -0.39 is 0 Å². The smallest absolute Gasteiger partial charge is 0.232 e. The molecule has 0 aliphatic carbocycles. The predicted molar refractivity (Wildman–Crippen MR) is 53.4 cm³/mol. The third kappa shape index (κ3) is 1.76. The van der Waals surface area contributed by atoms with Gasteiger partial charge in [0.2, 0.25) is 11.8 Å². The van der Waals surface area contributed by atoms with Crippen LogP contribution in [0.4, 0.5) is 0 Å². The minimum absolute atomic E-state index is 0.107. The molecule has 0 bridgehead atoms. The second kappa shape index (κ2) is 3.92. The maximum Gasteiger partial charge on any atom is 0.232 e. The number of carbonyl (C=O) groups is 3. The molecular formula is C11H11NO4. The topological polar surface area (TPSA) is 67.6 Å². The highest BCUT2D eigenvalue weighted by molar-refractivity contribution is 6.03. The van der Waals surface area contributed by atoms with Crippen molar-refractivity contribution in [1.82, 2.24) is 4.90 Å².